The van der Waals surface area contributed by atoms with Gasteiger partial charge in [0, 0.05) is 24.0 Å². The molecule has 3 aromatic carbocycles. The van der Waals surface area contributed by atoms with Gasteiger partial charge in [-0.3, -0.25) is 9.10 Å². The number of rotatable bonds is 6. The van der Waals surface area contributed by atoms with Gasteiger partial charge in [-0.15, -0.1) is 0 Å². The number of sulfonamides is 1. The highest BCUT2D eigenvalue weighted by molar-refractivity contribution is 7.92. The van der Waals surface area contributed by atoms with Crippen molar-refractivity contribution in [2.45, 2.75) is 0 Å². The summed E-state index contributed by atoms with van der Waals surface area (Å²) in [6.45, 7) is 0. The number of nitrogens with zero attached hydrogens (tertiary/aromatic N) is 1. The minimum Gasteiger partial charge on any atom is -0.355 e. The Morgan fingerprint density at radius 3 is 2.07 bits per heavy atom. The van der Waals surface area contributed by atoms with Crippen LogP contribution in [0.5, 0.6) is 0 Å². The molecule has 3 rings (SSSR count). The van der Waals surface area contributed by atoms with Gasteiger partial charge in [0.15, 0.2) is 0 Å². The van der Waals surface area contributed by atoms with Crippen LogP contribution in [0.3, 0.4) is 0 Å². The molecule has 0 aromatic heterocycles. The van der Waals surface area contributed by atoms with E-state index in [-0.39, 0.29) is 5.91 Å². The number of hydrogen-bond donors (Lipinski definition) is 2. The topological polar surface area (TPSA) is 78.5 Å². The first-order chi connectivity index (χ1) is 13.3. The lowest BCUT2D eigenvalue weighted by Crippen LogP contribution is -2.26. The molecular weight excluding hydrogens is 374 g/mol. The Morgan fingerprint density at radius 1 is 0.857 bits per heavy atom. The fraction of sp³-hybridized carbons (Fsp3) is 0.0952. The molecule has 0 fully saturated rings. The van der Waals surface area contributed by atoms with E-state index in [1.54, 1.807) is 42.5 Å². The lowest BCUT2D eigenvalue weighted by atomic mass is 10.2. The SMILES string of the molecule is CN(c1ccc(Nc2ccccc2)cc1NC(=O)c1ccccc1)S(C)(=O)=O. The number of carbonyl (C=O) groups excluding carboxylic acids is 1. The maximum atomic E-state index is 12.6. The lowest BCUT2D eigenvalue weighted by molar-refractivity contribution is 0.102. The summed E-state index contributed by atoms with van der Waals surface area (Å²) in [4.78, 5) is 12.6. The van der Waals surface area contributed by atoms with E-state index < -0.39 is 10.0 Å². The Morgan fingerprint density at radius 2 is 1.46 bits per heavy atom. The molecule has 0 radical (unpaired) electrons. The summed E-state index contributed by atoms with van der Waals surface area (Å²) in [6.07, 6.45) is 1.12. The molecule has 0 atom stereocenters. The highest BCUT2D eigenvalue weighted by atomic mass is 32.2. The molecule has 0 aliphatic heterocycles. The van der Waals surface area contributed by atoms with Crippen LogP contribution in [0.15, 0.2) is 78.9 Å². The van der Waals surface area contributed by atoms with Crippen molar-refractivity contribution in [3.63, 3.8) is 0 Å². The predicted octanol–water partition coefficient (Wildman–Crippen LogP) is 4.08. The van der Waals surface area contributed by atoms with Crippen molar-refractivity contribution in [2.75, 3.05) is 28.2 Å². The Kier molecular flexibility index (Phi) is 5.65. The summed E-state index contributed by atoms with van der Waals surface area (Å²) in [6, 6.07) is 23.5. The summed E-state index contributed by atoms with van der Waals surface area (Å²) >= 11 is 0. The number of hydrogen-bond acceptors (Lipinski definition) is 4. The highest BCUT2D eigenvalue weighted by Gasteiger charge is 2.18. The molecule has 7 heteroatoms. The zero-order valence-electron chi connectivity index (χ0n) is 15.6. The fourth-order valence-corrected chi connectivity index (χ4v) is 3.16. The number of para-hydroxylation sites is 1. The van der Waals surface area contributed by atoms with Crippen LogP contribution in [0, 0.1) is 0 Å². The molecule has 28 heavy (non-hydrogen) atoms. The van der Waals surface area contributed by atoms with Gasteiger partial charge in [-0.05, 0) is 42.5 Å². The average molecular weight is 395 g/mol. The minimum atomic E-state index is -3.49. The first kappa shape index (κ1) is 19.4. The number of nitrogens with one attached hydrogen (secondary N) is 2. The third kappa shape index (κ3) is 4.69. The summed E-state index contributed by atoms with van der Waals surface area (Å²) in [5.74, 6) is -0.319. The molecule has 0 aliphatic carbocycles. The maximum absolute atomic E-state index is 12.6. The predicted molar refractivity (Wildman–Crippen MR) is 114 cm³/mol. The minimum absolute atomic E-state index is 0.319. The molecule has 2 N–H and O–H groups in total. The van der Waals surface area contributed by atoms with Gasteiger partial charge in [0.1, 0.15) is 0 Å². The quantitative estimate of drug-likeness (QED) is 0.659. The highest BCUT2D eigenvalue weighted by Crippen LogP contribution is 2.31. The normalized spacial score (nSPS) is 10.9. The summed E-state index contributed by atoms with van der Waals surface area (Å²) in [5.41, 5.74) is 2.86. The molecular formula is C21H21N3O3S. The molecule has 0 bridgehead atoms. The van der Waals surface area contributed by atoms with Crippen molar-refractivity contribution in [2.24, 2.45) is 0 Å². The van der Waals surface area contributed by atoms with E-state index in [0.717, 1.165) is 21.9 Å². The second-order valence-corrected chi connectivity index (χ2v) is 8.29. The third-order valence-electron chi connectivity index (χ3n) is 4.18. The van der Waals surface area contributed by atoms with Crippen LogP contribution in [0.4, 0.5) is 22.7 Å². The van der Waals surface area contributed by atoms with Crippen LogP contribution in [0.2, 0.25) is 0 Å². The Hall–Kier alpha value is -3.32. The zero-order chi connectivity index (χ0) is 20.1. The van der Waals surface area contributed by atoms with E-state index in [4.69, 9.17) is 0 Å². The molecule has 6 nitrogen and oxygen atoms in total. The van der Waals surface area contributed by atoms with Crippen molar-refractivity contribution in [3.8, 4) is 0 Å². The second-order valence-electron chi connectivity index (χ2n) is 6.27. The molecule has 144 valence electrons. The van der Waals surface area contributed by atoms with Crippen molar-refractivity contribution in [3.05, 3.63) is 84.4 Å². The molecule has 1 amide bonds. The number of benzene rings is 3. The lowest BCUT2D eigenvalue weighted by Gasteiger charge is -2.21. The van der Waals surface area contributed by atoms with Gasteiger partial charge < -0.3 is 10.6 Å². The van der Waals surface area contributed by atoms with Crippen LogP contribution in [0.1, 0.15) is 10.4 Å². The Labute approximate surface area is 164 Å². The van der Waals surface area contributed by atoms with Crippen molar-refractivity contribution in [1.82, 2.24) is 0 Å². The standard InChI is InChI=1S/C21H21N3O3S/c1-24(28(2,26)27)20-14-13-18(22-17-11-7-4-8-12-17)15-19(20)23-21(25)16-9-5-3-6-10-16/h3-15,22H,1-2H3,(H,23,25). The Balaban J connectivity index is 1.97. The van der Waals surface area contributed by atoms with Gasteiger partial charge in [-0.1, -0.05) is 36.4 Å². The van der Waals surface area contributed by atoms with Crippen LogP contribution < -0.4 is 14.9 Å². The molecule has 3 aromatic rings. The van der Waals surface area contributed by atoms with Gasteiger partial charge >= 0.3 is 0 Å². The van der Waals surface area contributed by atoms with E-state index in [1.165, 1.54) is 7.05 Å². The summed E-state index contributed by atoms with van der Waals surface area (Å²) in [5, 5.41) is 6.06. The number of amides is 1. The summed E-state index contributed by atoms with van der Waals surface area (Å²) < 4.78 is 25.2. The Bertz CT molecular complexity index is 1070. The zero-order valence-corrected chi connectivity index (χ0v) is 16.4. The van der Waals surface area contributed by atoms with E-state index >= 15 is 0 Å². The van der Waals surface area contributed by atoms with Gasteiger partial charge in [0.25, 0.3) is 5.91 Å². The second kappa shape index (κ2) is 8.14. The molecule has 0 saturated heterocycles. The summed E-state index contributed by atoms with van der Waals surface area (Å²) in [7, 11) is -2.04. The maximum Gasteiger partial charge on any atom is 0.255 e. The molecule has 0 unspecified atom stereocenters. The van der Waals surface area contributed by atoms with Crippen molar-refractivity contribution < 1.29 is 13.2 Å². The van der Waals surface area contributed by atoms with Crippen LogP contribution >= 0.6 is 0 Å². The van der Waals surface area contributed by atoms with Gasteiger partial charge in [0.05, 0.1) is 17.6 Å². The molecule has 0 spiro atoms. The van der Waals surface area contributed by atoms with E-state index in [9.17, 15) is 13.2 Å². The monoisotopic (exact) mass is 395 g/mol. The average Bonchev–Trinajstić information content (AvgIpc) is 2.68. The molecule has 0 aliphatic rings. The van der Waals surface area contributed by atoms with Crippen LogP contribution in [-0.2, 0) is 10.0 Å². The fourth-order valence-electron chi connectivity index (χ4n) is 2.64. The van der Waals surface area contributed by atoms with Crippen LogP contribution in [0.25, 0.3) is 0 Å². The smallest absolute Gasteiger partial charge is 0.255 e. The van der Waals surface area contributed by atoms with Crippen molar-refractivity contribution in [1.29, 1.82) is 0 Å². The van der Waals surface area contributed by atoms with Gasteiger partial charge in [-0.25, -0.2) is 8.42 Å². The first-order valence-corrected chi connectivity index (χ1v) is 10.5. The largest absolute Gasteiger partial charge is 0.355 e. The van der Waals surface area contributed by atoms with E-state index in [0.29, 0.717) is 16.9 Å². The molecule has 0 heterocycles. The van der Waals surface area contributed by atoms with Gasteiger partial charge in [0.2, 0.25) is 10.0 Å². The number of carbonyl (C=O) groups is 1. The molecule has 0 saturated carbocycles. The van der Waals surface area contributed by atoms with E-state index in [2.05, 4.69) is 10.6 Å². The first-order valence-electron chi connectivity index (χ1n) is 8.61. The third-order valence-corrected chi connectivity index (χ3v) is 5.37. The van der Waals surface area contributed by atoms with Gasteiger partial charge in [-0.2, -0.15) is 0 Å². The van der Waals surface area contributed by atoms with Crippen LogP contribution in [-0.4, -0.2) is 27.6 Å². The number of anilines is 4. The van der Waals surface area contributed by atoms with Crippen molar-refractivity contribution >= 4 is 38.7 Å². The van der Waals surface area contributed by atoms with E-state index in [1.807, 2.05) is 36.4 Å².